The maximum atomic E-state index is 10.6. The molecule has 0 aliphatic carbocycles. The van der Waals surface area contributed by atoms with Gasteiger partial charge in [-0.15, -0.1) is 23.5 Å². The third-order valence-electron chi connectivity index (χ3n) is 2.97. The van der Waals surface area contributed by atoms with Crippen molar-refractivity contribution in [2.24, 2.45) is 0 Å². The summed E-state index contributed by atoms with van der Waals surface area (Å²) in [6, 6.07) is 9.77. The van der Waals surface area contributed by atoms with Crippen LogP contribution < -0.4 is 0 Å². The van der Waals surface area contributed by atoms with Gasteiger partial charge in [0.2, 0.25) is 0 Å². The van der Waals surface area contributed by atoms with Gasteiger partial charge in [0.1, 0.15) is 6.10 Å². The molecule has 94 valence electrons. The maximum absolute atomic E-state index is 10.6. The van der Waals surface area contributed by atoms with Crippen molar-refractivity contribution in [1.29, 1.82) is 0 Å². The van der Waals surface area contributed by atoms with Crippen molar-refractivity contribution < 1.29 is 10.2 Å². The first-order valence-electron chi connectivity index (χ1n) is 5.90. The summed E-state index contributed by atoms with van der Waals surface area (Å²) in [6.07, 6.45) is 1.31. The van der Waals surface area contributed by atoms with E-state index in [9.17, 15) is 10.2 Å². The van der Waals surface area contributed by atoms with E-state index in [4.69, 9.17) is 0 Å². The van der Waals surface area contributed by atoms with Crippen LogP contribution in [-0.2, 0) is 0 Å². The highest BCUT2D eigenvalue weighted by Gasteiger charge is 2.41. The smallest absolute Gasteiger partial charge is 0.103 e. The van der Waals surface area contributed by atoms with E-state index >= 15 is 0 Å². The lowest BCUT2D eigenvalue weighted by Gasteiger charge is -2.39. The summed E-state index contributed by atoms with van der Waals surface area (Å²) < 4.78 is -0.269. The minimum absolute atomic E-state index is 0.129. The van der Waals surface area contributed by atoms with E-state index in [0.717, 1.165) is 17.1 Å². The fraction of sp³-hybridized carbons (Fsp3) is 0.538. The van der Waals surface area contributed by atoms with E-state index in [1.54, 1.807) is 23.5 Å². The van der Waals surface area contributed by atoms with Crippen LogP contribution in [0.1, 0.15) is 24.5 Å². The van der Waals surface area contributed by atoms with E-state index in [0.29, 0.717) is 6.42 Å². The molecule has 0 saturated carbocycles. The second-order valence-electron chi connectivity index (χ2n) is 4.15. The number of rotatable bonds is 4. The van der Waals surface area contributed by atoms with Crippen molar-refractivity contribution in [1.82, 2.24) is 0 Å². The van der Waals surface area contributed by atoms with Gasteiger partial charge in [0, 0.05) is 6.61 Å². The second-order valence-corrected chi connectivity index (χ2v) is 7.26. The molecule has 1 heterocycles. The van der Waals surface area contributed by atoms with Gasteiger partial charge in [0.25, 0.3) is 0 Å². The molecule has 0 spiro atoms. The standard InChI is InChI=1S/C13H18O2S2/c14-8-7-13(16-9-4-10-17-13)12(15)11-5-2-1-3-6-11/h1-3,5-6,12,14-15H,4,7-10H2. The van der Waals surface area contributed by atoms with Crippen molar-refractivity contribution in [2.45, 2.75) is 23.0 Å². The van der Waals surface area contributed by atoms with Crippen LogP contribution in [0.2, 0.25) is 0 Å². The first kappa shape index (κ1) is 13.3. The zero-order chi connectivity index (χ0) is 12.1. The minimum Gasteiger partial charge on any atom is -0.396 e. The number of hydrogen-bond donors (Lipinski definition) is 2. The molecule has 0 aromatic heterocycles. The van der Waals surface area contributed by atoms with E-state index < -0.39 is 6.10 Å². The van der Waals surface area contributed by atoms with Gasteiger partial charge in [-0.2, -0.15) is 0 Å². The lowest BCUT2D eigenvalue weighted by molar-refractivity contribution is 0.146. The Hall–Kier alpha value is -0.160. The van der Waals surface area contributed by atoms with Crippen molar-refractivity contribution in [3.8, 4) is 0 Å². The SMILES string of the molecule is OCCC1(C(O)c2ccccc2)SCCCS1. The Balaban J connectivity index is 2.20. The summed E-state index contributed by atoms with van der Waals surface area (Å²) in [5.74, 6) is 2.13. The van der Waals surface area contributed by atoms with E-state index in [-0.39, 0.29) is 10.7 Å². The highest BCUT2D eigenvalue weighted by atomic mass is 32.2. The molecular formula is C13H18O2S2. The van der Waals surface area contributed by atoms with Crippen molar-refractivity contribution >= 4 is 23.5 Å². The van der Waals surface area contributed by atoms with Crippen LogP contribution in [0.15, 0.2) is 30.3 Å². The maximum Gasteiger partial charge on any atom is 0.103 e. The van der Waals surface area contributed by atoms with E-state index in [2.05, 4.69) is 0 Å². The summed E-state index contributed by atoms with van der Waals surface area (Å²) in [5.41, 5.74) is 0.947. The molecule has 1 fully saturated rings. The van der Waals surface area contributed by atoms with Gasteiger partial charge in [-0.25, -0.2) is 0 Å². The number of benzene rings is 1. The Bertz CT molecular complexity index is 331. The third kappa shape index (κ3) is 2.99. The summed E-state index contributed by atoms with van der Waals surface area (Å²) in [5, 5.41) is 19.8. The highest BCUT2D eigenvalue weighted by Crippen LogP contribution is 2.52. The summed E-state index contributed by atoms with van der Waals surface area (Å²) in [7, 11) is 0. The highest BCUT2D eigenvalue weighted by molar-refractivity contribution is 8.18. The first-order valence-corrected chi connectivity index (χ1v) is 7.87. The summed E-state index contributed by atoms with van der Waals surface area (Å²) in [6.45, 7) is 0.129. The molecule has 0 bridgehead atoms. The largest absolute Gasteiger partial charge is 0.396 e. The molecule has 1 unspecified atom stereocenters. The minimum atomic E-state index is -0.508. The monoisotopic (exact) mass is 270 g/mol. The molecule has 1 aliphatic rings. The van der Waals surface area contributed by atoms with Crippen LogP contribution in [0.4, 0.5) is 0 Å². The Morgan fingerprint density at radius 1 is 1.18 bits per heavy atom. The first-order chi connectivity index (χ1) is 8.28. The number of thioether (sulfide) groups is 2. The van der Waals surface area contributed by atoms with E-state index in [1.165, 1.54) is 6.42 Å². The molecule has 1 aromatic carbocycles. The Labute approximate surface area is 111 Å². The van der Waals surface area contributed by atoms with Gasteiger partial charge in [-0.1, -0.05) is 30.3 Å². The molecule has 1 aromatic rings. The topological polar surface area (TPSA) is 40.5 Å². The van der Waals surface area contributed by atoms with Crippen LogP contribution in [0.25, 0.3) is 0 Å². The van der Waals surface area contributed by atoms with Crippen molar-refractivity contribution in [3.63, 3.8) is 0 Å². The zero-order valence-corrected chi connectivity index (χ0v) is 11.3. The Morgan fingerprint density at radius 3 is 2.41 bits per heavy atom. The van der Waals surface area contributed by atoms with Gasteiger partial charge in [0.15, 0.2) is 0 Å². The van der Waals surface area contributed by atoms with Gasteiger partial charge in [0.05, 0.1) is 4.08 Å². The van der Waals surface area contributed by atoms with E-state index in [1.807, 2.05) is 30.3 Å². The molecule has 0 radical (unpaired) electrons. The van der Waals surface area contributed by atoms with Crippen LogP contribution >= 0.6 is 23.5 Å². The van der Waals surface area contributed by atoms with Gasteiger partial charge >= 0.3 is 0 Å². The quantitative estimate of drug-likeness (QED) is 0.882. The van der Waals surface area contributed by atoms with Crippen LogP contribution in [0.3, 0.4) is 0 Å². The lowest BCUT2D eigenvalue weighted by atomic mass is 10.0. The molecule has 1 aliphatic heterocycles. The Morgan fingerprint density at radius 2 is 1.82 bits per heavy atom. The second kappa shape index (κ2) is 6.14. The average Bonchev–Trinajstić information content (AvgIpc) is 2.40. The fourth-order valence-electron chi connectivity index (χ4n) is 2.07. The molecule has 2 N–H and O–H groups in total. The summed E-state index contributed by atoms with van der Waals surface area (Å²) >= 11 is 3.58. The van der Waals surface area contributed by atoms with Gasteiger partial charge in [-0.05, 0) is 29.9 Å². The molecule has 1 atom stereocenters. The number of hydrogen-bond acceptors (Lipinski definition) is 4. The predicted molar refractivity (Wildman–Crippen MR) is 75.4 cm³/mol. The molecule has 17 heavy (non-hydrogen) atoms. The normalized spacial score (nSPS) is 21.1. The molecule has 1 saturated heterocycles. The van der Waals surface area contributed by atoms with Crippen LogP contribution in [0, 0.1) is 0 Å². The molecule has 4 heteroatoms. The van der Waals surface area contributed by atoms with Crippen LogP contribution in [-0.4, -0.2) is 32.4 Å². The van der Waals surface area contributed by atoms with Crippen molar-refractivity contribution in [2.75, 3.05) is 18.1 Å². The van der Waals surface area contributed by atoms with Crippen LogP contribution in [0.5, 0.6) is 0 Å². The molecular weight excluding hydrogens is 252 g/mol. The van der Waals surface area contributed by atoms with Gasteiger partial charge < -0.3 is 10.2 Å². The van der Waals surface area contributed by atoms with Crippen molar-refractivity contribution in [3.05, 3.63) is 35.9 Å². The molecule has 2 rings (SSSR count). The number of aliphatic hydroxyl groups excluding tert-OH is 2. The number of aliphatic hydroxyl groups is 2. The third-order valence-corrected chi connectivity index (χ3v) is 6.50. The average molecular weight is 270 g/mol. The lowest BCUT2D eigenvalue weighted by Crippen LogP contribution is -2.33. The predicted octanol–water partition coefficient (Wildman–Crippen LogP) is 2.67. The zero-order valence-electron chi connectivity index (χ0n) is 9.71. The fourth-order valence-corrected chi connectivity index (χ4v) is 5.42. The molecule has 0 amide bonds. The van der Waals surface area contributed by atoms with Gasteiger partial charge in [-0.3, -0.25) is 0 Å². The summed E-state index contributed by atoms with van der Waals surface area (Å²) in [4.78, 5) is 0. The Kier molecular flexibility index (Phi) is 4.79. The molecule has 2 nitrogen and oxygen atoms in total.